The summed E-state index contributed by atoms with van der Waals surface area (Å²) >= 11 is 2.88. The van der Waals surface area contributed by atoms with Gasteiger partial charge >= 0.3 is 11.9 Å². The lowest BCUT2D eigenvalue weighted by molar-refractivity contribution is -0.147. The summed E-state index contributed by atoms with van der Waals surface area (Å²) in [5.74, 6) is -3.01. The number of ketones is 2. The second kappa shape index (κ2) is 23.1. The van der Waals surface area contributed by atoms with Crippen LogP contribution < -0.4 is 15.2 Å². The smallest absolute Gasteiger partial charge is 0.310 e. The van der Waals surface area contributed by atoms with E-state index in [2.05, 4.69) is 16.0 Å². The number of benzene rings is 2. The number of thiazole rings is 2. The Morgan fingerprint density at radius 3 is 1.56 bits per heavy atom. The molecule has 2 aromatic heterocycles. The number of aromatic nitrogens is 2. The summed E-state index contributed by atoms with van der Waals surface area (Å²) < 4.78 is 14.3. The number of allylic oxidation sites excluding steroid dienone is 4. The van der Waals surface area contributed by atoms with Gasteiger partial charge in [-0.2, -0.15) is 0 Å². The highest BCUT2D eigenvalue weighted by Crippen LogP contribution is 2.58. The van der Waals surface area contributed by atoms with E-state index < -0.39 is 47.0 Å². The molecule has 2 aliphatic carbocycles. The van der Waals surface area contributed by atoms with Crippen LogP contribution in [0, 0.1) is 28.6 Å². The average Bonchev–Trinajstić information content (AvgIpc) is 3.79. The SMILES string of the molecule is C.C.C[C@H]1CCCCC/C=C\[C@@H]2C[C@@]2(C(=O)O)CC(=O)[C@@H]2C[C@@H](Oc3nc4ccccc4s3)CN2C1=O.N[C@H]1CCCCC/C=C\[C@@H]2C[C@@]2(C(=O)O)CC(=O)[C@@H]2C[C@@H](Oc3nc4ccccc4s3)CN2C1=O. The van der Waals surface area contributed by atoms with Crippen LogP contribution in [0.2, 0.25) is 0 Å². The lowest BCUT2D eigenvalue weighted by Crippen LogP contribution is -2.49. The van der Waals surface area contributed by atoms with Crippen molar-refractivity contribution in [2.24, 2.45) is 34.3 Å². The van der Waals surface area contributed by atoms with Gasteiger partial charge in [0.2, 0.25) is 11.8 Å². The summed E-state index contributed by atoms with van der Waals surface area (Å²) in [4.78, 5) is 90.3. The minimum Gasteiger partial charge on any atom is -0.481 e. The van der Waals surface area contributed by atoms with Crippen molar-refractivity contribution in [2.75, 3.05) is 13.1 Å². The van der Waals surface area contributed by atoms with Crippen LogP contribution in [-0.2, 0) is 28.8 Å². The third-order valence-corrected chi connectivity index (χ3v) is 17.2. The lowest BCUT2D eigenvalue weighted by Gasteiger charge is -2.27. The van der Waals surface area contributed by atoms with E-state index in [0.29, 0.717) is 49.0 Å². The number of rotatable bonds is 6. The molecule has 4 N–H and O–H groups in total. The van der Waals surface area contributed by atoms with Gasteiger partial charge in [-0.15, -0.1) is 0 Å². The molecule has 0 unspecified atom stereocenters. The molecular formula is C55H71N5O10S2. The van der Waals surface area contributed by atoms with Crippen molar-refractivity contribution < 1.29 is 48.5 Å². The Morgan fingerprint density at radius 1 is 0.653 bits per heavy atom. The fourth-order valence-corrected chi connectivity index (χ4v) is 12.7. The van der Waals surface area contributed by atoms with Crippen molar-refractivity contribution in [3.63, 3.8) is 0 Å². The van der Waals surface area contributed by atoms with Crippen LogP contribution in [0.3, 0.4) is 0 Å². The molecule has 72 heavy (non-hydrogen) atoms. The van der Waals surface area contributed by atoms with Crippen molar-refractivity contribution in [3.8, 4) is 10.4 Å². The summed E-state index contributed by atoms with van der Waals surface area (Å²) in [6, 6.07) is 13.4. The van der Waals surface area contributed by atoms with Crippen molar-refractivity contribution in [1.29, 1.82) is 0 Å². The third kappa shape index (κ3) is 11.8. The number of carboxylic acid groups (broad SMARTS) is 2. The lowest BCUT2D eigenvalue weighted by atomic mass is 9.91. The molecule has 10 atom stereocenters. The zero-order valence-corrected chi connectivity index (χ0v) is 41.3. The van der Waals surface area contributed by atoms with Gasteiger partial charge in [0.15, 0.2) is 11.6 Å². The Kier molecular flexibility index (Phi) is 17.4. The zero-order chi connectivity index (χ0) is 49.2. The van der Waals surface area contributed by atoms with Crippen LogP contribution in [0.5, 0.6) is 10.4 Å². The van der Waals surface area contributed by atoms with E-state index in [9.17, 15) is 39.0 Å². The molecule has 4 aliphatic heterocycles. The molecule has 10 rings (SSSR count). The second-order valence-corrected chi connectivity index (χ2v) is 22.3. The van der Waals surface area contributed by atoms with Gasteiger partial charge < -0.3 is 35.2 Å². The number of nitrogens with zero attached hydrogens (tertiary/aromatic N) is 4. The van der Waals surface area contributed by atoms with E-state index in [-0.39, 0.29) is 81.5 Å². The number of ether oxygens (including phenoxy) is 2. The Bertz CT molecular complexity index is 2440. The topological polar surface area (TPSA) is 220 Å². The fraction of sp³-hybridized carbons (Fsp3) is 0.564. The number of fused-ring (bicyclic) bond motifs is 6. The normalized spacial score (nSPS) is 32.0. The van der Waals surface area contributed by atoms with Crippen LogP contribution >= 0.6 is 22.7 Å². The van der Waals surface area contributed by atoms with E-state index in [0.717, 1.165) is 78.2 Å². The molecule has 6 heterocycles. The van der Waals surface area contributed by atoms with Gasteiger partial charge in [-0.3, -0.25) is 28.8 Å². The molecule has 0 spiro atoms. The van der Waals surface area contributed by atoms with Gasteiger partial charge in [0, 0.05) is 31.6 Å². The predicted octanol–water partition coefficient (Wildman–Crippen LogP) is 9.67. The van der Waals surface area contributed by atoms with Gasteiger partial charge in [-0.1, -0.05) is 119 Å². The molecular weight excluding hydrogens is 955 g/mol. The highest BCUT2D eigenvalue weighted by molar-refractivity contribution is 7.20. The minimum atomic E-state index is -1.07. The quantitative estimate of drug-likeness (QED) is 0.153. The predicted molar refractivity (Wildman–Crippen MR) is 279 cm³/mol. The van der Waals surface area contributed by atoms with Gasteiger partial charge in [0.25, 0.3) is 10.4 Å². The second-order valence-electron chi connectivity index (χ2n) is 20.3. The third-order valence-electron chi connectivity index (χ3n) is 15.4. The van der Waals surface area contributed by atoms with Gasteiger partial charge in [0.1, 0.15) is 12.2 Å². The Labute approximate surface area is 430 Å². The molecule has 17 heteroatoms. The number of nitrogens with two attached hydrogens (primary N) is 1. The van der Waals surface area contributed by atoms with E-state index in [1.54, 1.807) is 4.90 Å². The Morgan fingerprint density at radius 2 is 1.10 bits per heavy atom. The number of amides is 2. The van der Waals surface area contributed by atoms with Gasteiger partial charge in [-0.05, 0) is 87.5 Å². The van der Waals surface area contributed by atoms with Crippen LogP contribution in [0.1, 0.15) is 125 Å². The van der Waals surface area contributed by atoms with Crippen LogP contribution in [0.25, 0.3) is 20.4 Å². The Hall–Kier alpha value is -5.52. The molecule has 2 aromatic carbocycles. The highest BCUT2D eigenvalue weighted by Gasteiger charge is 2.62. The van der Waals surface area contributed by atoms with Crippen LogP contribution in [0.4, 0.5) is 0 Å². The molecule has 388 valence electrons. The minimum absolute atomic E-state index is 0. The van der Waals surface area contributed by atoms with E-state index in [1.165, 1.54) is 27.6 Å². The molecule has 2 amide bonds. The number of carbonyl (C=O) groups is 6. The number of aliphatic carboxylic acids is 2. The first-order valence-corrected chi connectivity index (χ1v) is 26.6. The molecule has 0 bridgehead atoms. The monoisotopic (exact) mass is 1030 g/mol. The largest absolute Gasteiger partial charge is 0.481 e. The molecule has 15 nitrogen and oxygen atoms in total. The van der Waals surface area contributed by atoms with E-state index in [1.807, 2.05) is 73.7 Å². The zero-order valence-electron chi connectivity index (χ0n) is 39.6. The van der Waals surface area contributed by atoms with Crippen molar-refractivity contribution >= 4 is 78.4 Å². The summed E-state index contributed by atoms with van der Waals surface area (Å²) in [6.45, 7) is 2.49. The number of Topliss-reactive ketones (excluding diaryl/α,β-unsaturated/α-hetero) is 2. The number of carbonyl (C=O) groups excluding carboxylic acids is 4. The van der Waals surface area contributed by atoms with Gasteiger partial charge in [0.05, 0.1) is 62.5 Å². The molecule has 6 aliphatic rings. The number of para-hydroxylation sites is 2. The Balaban J connectivity index is 0.000000206. The summed E-state index contributed by atoms with van der Waals surface area (Å²) in [6.07, 6.45) is 17.6. The summed E-state index contributed by atoms with van der Waals surface area (Å²) in [7, 11) is 0. The first kappa shape index (κ1) is 54.3. The average molecular weight is 1030 g/mol. The van der Waals surface area contributed by atoms with Crippen molar-refractivity contribution in [2.45, 2.75) is 155 Å². The maximum absolute atomic E-state index is 13.5. The molecule has 0 radical (unpaired) electrons. The molecule has 4 fully saturated rings. The maximum Gasteiger partial charge on any atom is 0.310 e. The number of hydrogen-bond donors (Lipinski definition) is 3. The fourth-order valence-electron chi connectivity index (χ4n) is 11.0. The van der Waals surface area contributed by atoms with Crippen LogP contribution in [-0.4, -0.2) is 109 Å². The molecule has 2 saturated carbocycles. The highest BCUT2D eigenvalue weighted by atomic mass is 32.1. The summed E-state index contributed by atoms with van der Waals surface area (Å²) in [5.41, 5.74) is 5.84. The molecule has 4 aromatic rings. The standard InChI is InChI=1S/C27H32N2O5S.C26H31N3O5S.2CH4/c1-17-9-5-3-2-4-6-10-18-14-27(18,25(32)33)15-22(30)21-13-19(16-29(21)24(17)31)34-26-28-20-11-7-8-12-23(20)35-26;27-18-9-5-3-1-2-4-8-16-13-26(16,24(32)33)14-21(30)20-12-17(15-29(20)23(18)31)34-25-28-19-10-6-7-11-22(19)35-25;;/h6-8,10-12,17-19,21H,2-5,9,13-16H2,1H3,(H,32,33);4,6-8,10-11,16-18,20H,1-3,5,9,12-15,27H2,(H,32,33);2*1H4/b10-6-;8-4-;;/t17-,18+,19+,21-,27+;16-,17-,18+,20+,26-;;/m01../s1. The number of carboxylic acids is 2. The van der Waals surface area contributed by atoms with Gasteiger partial charge in [-0.25, -0.2) is 9.97 Å². The van der Waals surface area contributed by atoms with Crippen molar-refractivity contribution in [1.82, 2.24) is 19.8 Å². The first-order chi connectivity index (χ1) is 33.7. The maximum atomic E-state index is 13.5. The number of hydrogen-bond acceptors (Lipinski definition) is 13. The first-order valence-electron chi connectivity index (χ1n) is 25.0. The van der Waals surface area contributed by atoms with E-state index >= 15 is 0 Å². The van der Waals surface area contributed by atoms with Crippen LogP contribution in [0.15, 0.2) is 72.8 Å². The van der Waals surface area contributed by atoms with E-state index in [4.69, 9.17) is 15.2 Å². The summed E-state index contributed by atoms with van der Waals surface area (Å²) in [5, 5.41) is 20.9. The molecule has 2 saturated heterocycles. The van der Waals surface area contributed by atoms with Crippen molar-refractivity contribution in [3.05, 3.63) is 72.8 Å².